The van der Waals surface area contributed by atoms with Crippen molar-refractivity contribution >= 4 is 0 Å². The highest BCUT2D eigenvalue weighted by molar-refractivity contribution is 4.89. The zero-order chi connectivity index (χ0) is 11.3. The largest absolute Gasteiger partial charge is 0.384 e. The maximum absolute atomic E-state index is 6.03. The summed E-state index contributed by atoms with van der Waals surface area (Å²) in [6.07, 6.45) is 2.81. The Kier molecular flexibility index (Phi) is 5.58. The lowest BCUT2D eigenvalue weighted by Crippen LogP contribution is -2.29. The van der Waals surface area contributed by atoms with Crippen molar-refractivity contribution in [1.29, 1.82) is 0 Å². The Morgan fingerprint density at radius 2 is 1.27 bits per heavy atom. The number of hydrogen-bond donors (Lipinski definition) is 0. The molecule has 0 spiro atoms. The van der Waals surface area contributed by atoms with Gasteiger partial charge in [-0.3, -0.25) is 0 Å². The van der Waals surface area contributed by atoms with Gasteiger partial charge in [0.15, 0.2) is 0 Å². The standard InChI is InChI=1S/C12H24O3/c1-5-11-9(7-13-3)10(8-14-4)12(6-2)15-11/h9-12H,5-8H2,1-4H3/t9-,10+,11-,12-/m0/s1. The van der Waals surface area contributed by atoms with E-state index in [0.29, 0.717) is 24.0 Å². The SMILES string of the molecule is CC[C@@H]1O[C@@H](CC)[C@@H](COC)[C@H]1COC. The molecule has 0 aromatic carbocycles. The fourth-order valence-electron chi connectivity index (χ4n) is 2.62. The van der Waals surface area contributed by atoms with Crippen LogP contribution in [0, 0.1) is 11.8 Å². The van der Waals surface area contributed by atoms with E-state index in [1.165, 1.54) is 0 Å². The highest BCUT2D eigenvalue weighted by Crippen LogP contribution is 2.36. The molecule has 0 N–H and O–H groups in total. The second-order valence-corrected chi connectivity index (χ2v) is 4.27. The molecule has 0 bridgehead atoms. The Balaban J connectivity index is 2.65. The van der Waals surface area contributed by atoms with Crippen LogP contribution in [0.4, 0.5) is 0 Å². The van der Waals surface area contributed by atoms with Gasteiger partial charge in [0, 0.05) is 26.1 Å². The molecule has 1 heterocycles. The molecule has 4 atom stereocenters. The van der Waals surface area contributed by atoms with Crippen LogP contribution in [-0.2, 0) is 14.2 Å². The lowest BCUT2D eigenvalue weighted by molar-refractivity contribution is 0.0135. The lowest BCUT2D eigenvalue weighted by Gasteiger charge is -2.22. The molecule has 0 amide bonds. The molecule has 1 saturated heterocycles. The van der Waals surface area contributed by atoms with Gasteiger partial charge in [0.2, 0.25) is 0 Å². The number of rotatable bonds is 6. The molecule has 90 valence electrons. The number of hydrogen-bond acceptors (Lipinski definition) is 3. The number of ether oxygens (including phenoxy) is 3. The van der Waals surface area contributed by atoms with Crippen LogP contribution in [0.15, 0.2) is 0 Å². The first-order valence-corrected chi connectivity index (χ1v) is 5.91. The van der Waals surface area contributed by atoms with Gasteiger partial charge in [-0.25, -0.2) is 0 Å². The molecule has 3 nitrogen and oxygen atoms in total. The minimum atomic E-state index is 0.343. The molecule has 1 aliphatic rings. The van der Waals surface area contributed by atoms with Gasteiger partial charge in [-0.15, -0.1) is 0 Å². The molecule has 1 aliphatic heterocycles. The first-order valence-electron chi connectivity index (χ1n) is 5.91. The smallest absolute Gasteiger partial charge is 0.0631 e. The molecule has 1 rings (SSSR count). The van der Waals surface area contributed by atoms with Crippen molar-refractivity contribution in [2.24, 2.45) is 11.8 Å². The molecule has 0 unspecified atom stereocenters. The van der Waals surface area contributed by atoms with E-state index in [1.54, 1.807) is 14.2 Å². The van der Waals surface area contributed by atoms with E-state index in [2.05, 4.69) is 13.8 Å². The minimum absolute atomic E-state index is 0.343. The zero-order valence-electron chi connectivity index (χ0n) is 10.4. The second-order valence-electron chi connectivity index (χ2n) is 4.27. The van der Waals surface area contributed by atoms with Crippen LogP contribution in [0.25, 0.3) is 0 Å². The van der Waals surface area contributed by atoms with Gasteiger partial charge in [-0.05, 0) is 12.8 Å². The van der Waals surface area contributed by atoms with E-state index in [4.69, 9.17) is 14.2 Å². The maximum Gasteiger partial charge on any atom is 0.0631 e. The van der Waals surface area contributed by atoms with Gasteiger partial charge in [0.25, 0.3) is 0 Å². The zero-order valence-corrected chi connectivity index (χ0v) is 10.4. The quantitative estimate of drug-likeness (QED) is 0.680. The predicted octanol–water partition coefficient (Wildman–Crippen LogP) is 2.10. The van der Waals surface area contributed by atoms with Crippen molar-refractivity contribution in [3.63, 3.8) is 0 Å². The normalized spacial score (nSPS) is 36.0. The molecule has 15 heavy (non-hydrogen) atoms. The summed E-state index contributed by atoms with van der Waals surface area (Å²) in [6, 6.07) is 0. The van der Waals surface area contributed by atoms with E-state index in [0.717, 1.165) is 26.1 Å². The summed E-state index contributed by atoms with van der Waals surface area (Å²) in [4.78, 5) is 0. The van der Waals surface area contributed by atoms with Gasteiger partial charge < -0.3 is 14.2 Å². The summed E-state index contributed by atoms with van der Waals surface area (Å²) in [6.45, 7) is 5.91. The Morgan fingerprint density at radius 3 is 1.53 bits per heavy atom. The van der Waals surface area contributed by atoms with Crippen molar-refractivity contribution in [3.8, 4) is 0 Å². The van der Waals surface area contributed by atoms with Gasteiger partial charge in [0.1, 0.15) is 0 Å². The third-order valence-corrected chi connectivity index (χ3v) is 3.38. The highest BCUT2D eigenvalue weighted by Gasteiger charge is 2.42. The van der Waals surface area contributed by atoms with Crippen molar-refractivity contribution in [2.75, 3.05) is 27.4 Å². The molecule has 0 aromatic rings. The Hall–Kier alpha value is -0.120. The second kappa shape index (κ2) is 6.46. The fourth-order valence-corrected chi connectivity index (χ4v) is 2.62. The van der Waals surface area contributed by atoms with Crippen LogP contribution >= 0.6 is 0 Å². The summed E-state index contributed by atoms with van der Waals surface area (Å²) in [5.41, 5.74) is 0. The third kappa shape index (κ3) is 2.92. The van der Waals surface area contributed by atoms with E-state index in [9.17, 15) is 0 Å². The van der Waals surface area contributed by atoms with Gasteiger partial charge in [0.05, 0.1) is 25.4 Å². The topological polar surface area (TPSA) is 27.7 Å². The molecule has 0 radical (unpaired) electrons. The minimum Gasteiger partial charge on any atom is -0.384 e. The summed E-state index contributed by atoms with van der Waals surface area (Å²) in [5.74, 6) is 0.981. The Morgan fingerprint density at radius 1 is 0.867 bits per heavy atom. The molecule has 3 heteroatoms. The predicted molar refractivity (Wildman–Crippen MR) is 60.0 cm³/mol. The van der Waals surface area contributed by atoms with Gasteiger partial charge in [-0.1, -0.05) is 13.8 Å². The molecular formula is C12H24O3. The first-order chi connectivity index (χ1) is 7.28. The monoisotopic (exact) mass is 216 g/mol. The average Bonchev–Trinajstić information content (AvgIpc) is 2.58. The van der Waals surface area contributed by atoms with Gasteiger partial charge >= 0.3 is 0 Å². The van der Waals surface area contributed by atoms with E-state index >= 15 is 0 Å². The van der Waals surface area contributed by atoms with Crippen LogP contribution in [0.1, 0.15) is 26.7 Å². The molecule has 1 fully saturated rings. The highest BCUT2D eigenvalue weighted by atomic mass is 16.5. The summed E-state index contributed by atoms with van der Waals surface area (Å²) in [7, 11) is 3.52. The van der Waals surface area contributed by atoms with Crippen molar-refractivity contribution in [3.05, 3.63) is 0 Å². The van der Waals surface area contributed by atoms with Crippen molar-refractivity contribution in [2.45, 2.75) is 38.9 Å². The Labute approximate surface area is 93.1 Å². The molecule has 0 aromatic heterocycles. The van der Waals surface area contributed by atoms with Gasteiger partial charge in [-0.2, -0.15) is 0 Å². The van der Waals surface area contributed by atoms with Crippen LogP contribution in [-0.4, -0.2) is 39.6 Å². The van der Waals surface area contributed by atoms with Crippen LogP contribution in [0.3, 0.4) is 0 Å². The Bertz CT molecular complexity index is 154. The van der Waals surface area contributed by atoms with Crippen molar-refractivity contribution < 1.29 is 14.2 Å². The third-order valence-electron chi connectivity index (χ3n) is 3.38. The molecule has 0 saturated carbocycles. The fraction of sp³-hybridized carbons (Fsp3) is 1.00. The average molecular weight is 216 g/mol. The summed E-state index contributed by atoms with van der Waals surface area (Å²) < 4.78 is 16.6. The van der Waals surface area contributed by atoms with E-state index in [1.807, 2.05) is 0 Å². The first kappa shape index (κ1) is 12.9. The van der Waals surface area contributed by atoms with Crippen molar-refractivity contribution in [1.82, 2.24) is 0 Å². The van der Waals surface area contributed by atoms with Crippen LogP contribution < -0.4 is 0 Å². The lowest BCUT2D eigenvalue weighted by atomic mass is 9.86. The van der Waals surface area contributed by atoms with E-state index in [-0.39, 0.29) is 0 Å². The van der Waals surface area contributed by atoms with Crippen LogP contribution in [0.2, 0.25) is 0 Å². The van der Waals surface area contributed by atoms with E-state index < -0.39 is 0 Å². The maximum atomic E-state index is 6.03. The molecular weight excluding hydrogens is 192 g/mol. The van der Waals surface area contributed by atoms with Crippen LogP contribution in [0.5, 0.6) is 0 Å². The number of methoxy groups -OCH3 is 2. The summed E-state index contributed by atoms with van der Waals surface area (Å²) in [5, 5.41) is 0. The summed E-state index contributed by atoms with van der Waals surface area (Å²) >= 11 is 0. The molecule has 0 aliphatic carbocycles.